The standard InChI is InChI=1S/C25H23NO/c1-26-21-12-7-11-17(16-8-3-2-4-9-16)25(21)20-15-24-19(14-22(20)26)18-10-5-6-13-23(18)27-24/h5-7,10-16H,2-4,8-9H2,1H3. The molecule has 0 N–H and O–H groups in total. The van der Waals surface area contributed by atoms with Gasteiger partial charge >= 0.3 is 0 Å². The van der Waals surface area contributed by atoms with E-state index in [0.29, 0.717) is 5.92 Å². The van der Waals surface area contributed by atoms with Crippen LogP contribution in [-0.2, 0) is 7.05 Å². The van der Waals surface area contributed by atoms with Crippen molar-refractivity contribution in [3.63, 3.8) is 0 Å². The van der Waals surface area contributed by atoms with E-state index in [2.05, 4.69) is 60.1 Å². The summed E-state index contributed by atoms with van der Waals surface area (Å²) in [5.41, 5.74) is 6.14. The van der Waals surface area contributed by atoms with Crippen molar-refractivity contribution in [2.45, 2.75) is 38.0 Å². The molecule has 1 aliphatic carbocycles. The number of rotatable bonds is 1. The van der Waals surface area contributed by atoms with Crippen LogP contribution in [0.1, 0.15) is 43.6 Å². The number of furan rings is 1. The zero-order valence-electron chi connectivity index (χ0n) is 15.7. The third kappa shape index (κ3) is 2.13. The molecule has 1 saturated carbocycles. The van der Waals surface area contributed by atoms with E-state index in [1.807, 2.05) is 6.07 Å². The van der Waals surface area contributed by atoms with E-state index < -0.39 is 0 Å². The topological polar surface area (TPSA) is 18.1 Å². The number of benzene rings is 3. The molecule has 0 atom stereocenters. The second kappa shape index (κ2) is 5.63. The largest absolute Gasteiger partial charge is 0.456 e. The molecule has 27 heavy (non-hydrogen) atoms. The fourth-order valence-electron chi connectivity index (χ4n) is 5.25. The number of fused-ring (bicyclic) bond motifs is 6. The molecule has 0 aliphatic heterocycles. The Kier molecular flexibility index (Phi) is 3.19. The number of nitrogens with zero attached hydrogens (tertiary/aromatic N) is 1. The van der Waals surface area contributed by atoms with Crippen LogP contribution in [0.4, 0.5) is 0 Å². The SMILES string of the molecule is Cn1c2cc3c(cc2c2c(C4CCCCC4)cccc21)oc1ccccc13. The average Bonchev–Trinajstić information content (AvgIpc) is 3.22. The van der Waals surface area contributed by atoms with E-state index >= 15 is 0 Å². The molecule has 0 saturated heterocycles. The minimum Gasteiger partial charge on any atom is -0.456 e. The lowest BCUT2D eigenvalue weighted by atomic mass is 9.82. The van der Waals surface area contributed by atoms with Gasteiger partial charge in [0.15, 0.2) is 0 Å². The van der Waals surface area contributed by atoms with Gasteiger partial charge in [-0.1, -0.05) is 49.6 Å². The molecule has 0 unspecified atom stereocenters. The predicted octanol–water partition coefficient (Wildman–Crippen LogP) is 7.28. The maximum atomic E-state index is 6.19. The van der Waals surface area contributed by atoms with E-state index in [4.69, 9.17) is 4.42 Å². The fraction of sp³-hybridized carbons (Fsp3) is 0.280. The molecule has 2 heterocycles. The molecule has 0 amide bonds. The Bertz CT molecular complexity index is 1310. The van der Waals surface area contributed by atoms with E-state index in [-0.39, 0.29) is 0 Å². The van der Waals surface area contributed by atoms with Gasteiger partial charge in [0.05, 0.1) is 0 Å². The molecule has 1 fully saturated rings. The monoisotopic (exact) mass is 353 g/mol. The van der Waals surface area contributed by atoms with Crippen molar-refractivity contribution >= 4 is 43.7 Å². The van der Waals surface area contributed by atoms with E-state index in [1.54, 1.807) is 0 Å². The van der Waals surface area contributed by atoms with Gasteiger partial charge in [-0.15, -0.1) is 0 Å². The van der Waals surface area contributed by atoms with Crippen molar-refractivity contribution in [3.8, 4) is 0 Å². The highest BCUT2D eigenvalue weighted by molar-refractivity contribution is 6.17. The number of aryl methyl sites for hydroxylation is 1. The highest BCUT2D eigenvalue weighted by Gasteiger charge is 2.21. The Labute approximate surface area is 158 Å². The molecule has 0 bridgehead atoms. The fourth-order valence-corrected chi connectivity index (χ4v) is 5.25. The van der Waals surface area contributed by atoms with Crippen LogP contribution in [0.2, 0.25) is 0 Å². The lowest BCUT2D eigenvalue weighted by Gasteiger charge is -2.23. The maximum absolute atomic E-state index is 6.19. The summed E-state index contributed by atoms with van der Waals surface area (Å²) in [5, 5.41) is 5.18. The summed E-state index contributed by atoms with van der Waals surface area (Å²) in [5.74, 6) is 0.694. The van der Waals surface area contributed by atoms with E-state index in [9.17, 15) is 0 Å². The van der Waals surface area contributed by atoms with Gasteiger partial charge in [0.1, 0.15) is 11.2 Å². The van der Waals surface area contributed by atoms with Crippen molar-refractivity contribution in [1.82, 2.24) is 4.57 Å². The Morgan fingerprint density at radius 3 is 2.52 bits per heavy atom. The van der Waals surface area contributed by atoms with Gasteiger partial charge in [-0.3, -0.25) is 0 Å². The van der Waals surface area contributed by atoms with Gasteiger partial charge in [0.25, 0.3) is 0 Å². The van der Waals surface area contributed by atoms with Crippen LogP contribution in [0.15, 0.2) is 59.0 Å². The molecule has 134 valence electrons. The zero-order chi connectivity index (χ0) is 18.0. The van der Waals surface area contributed by atoms with Gasteiger partial charge in [0, 0.05) is 39.6 Å². The zero-order valence-corrected chi connectivity index (χ0v) is 15.7. The summed E-state index contributed by atoms with van der Waals surface area (Å²) in [6, 6.07) is 19.8. The van der Waals surface area contributed by atoms with Crippen LogP contribution in [0.5, 0.6) is 0 Å². The summed E-state index contributed by atoms with van der Waals surface area (Å²) in [6.07, 6.45) is 6.76. The number of aromatic nitrogens is 1. The third-order valence-corrected chi connectivity index (χ3v) is 6.61. The molecule has 2 nitrogen and oxygen atoms in total. The molecular formula is C25H23NO. The van der Waals surface area contributed by atoms with Gasteiger partial charge in [-0.2, -0.15) is 0 Å². The van der Waals surface area contributed by atoms with Crippen LogP contribution in [0.3, 0.4) is 0 Å². The molecule has 6 rings (SSSR count). The minimum absolute atomic E-state index is 0.694. The Balaban J connectivity index is 1.72. The van der Waals surface area contributed by atoms with Crippen LogP contribution in [-0.4, -0.2) is 4.57 Å². The molecule has 5 aromatic rings. The minimum atomic E-state index is 0.694. The number of hydrogen-bond donors (Lipinski definition) is 0. The van der Waals surface area contributed by atoms with Gasteiger partial charge in [-0.05, 0) is 48.6 Å². The van der Waals surface area contributed by atoms with Crippen molar-refractivity contribution in [2.75, 3.05) is 0 Å². The highest BCUT2D eigenvalue weighted by Crippen LogP contribution is 2.42. The van der Waals surface area contributed by atoms with Crippen molar-refractivity contribution in [3.05, 3.63) is 60.2 Å². The normalized spacial score (nSPS) is 16.2. The molecule has 0 radical (unpaired) electrons. The van der Waals surface area contributed by atoms with Crippen molar-refractivity contribution < 1.29 is 4.42 Å². The van der Waals surface area contributed by atoms with Crippen LogP contribution in [0.25, 0.3) is 43.7 Å². The number of para-hydroxylation sites is 1. The molecular weight excluding hydrogens is 330 g/mol. The maximum Gasteiger partial charge on any atom is 0.136 e. The van der Waals surface area contributed by atoms with E-state index in [0.717, 1.165) is 11.2 Å². The summed E-state index contributed by atoms with van der Waals surface area (Å²) >= 11 is 0. The average molecular weight is 353 g/mol. The Morgan fingerprint density at radius 2 is 1.63 bits per heavy atom. The summed E-state index contributed by atoms with van der Waals surface area (Å²) in [7, 11) is 2.20. The number of hydrogen-bond acceptors (Lipinski definition) is 1. The van der Waals surface area contributed by atoms with Crippen molar-refractivity contribution in [1.29, 1.82) is 0 Å². The van der Waals surface area contributed by atoms with Gasteiger partial charge in [0.2, 0.25) is 0 Å². The Hall–Kier alpha value is -2.74. The van der Waals surface area contributed by atoms with E-state index in [1.165, 1.54) is 70.2 Å². The second-order valence-corrected chi connectivity index (χ2v) is 8.10. The smallest absolute Gasteiger partial charge is 0.136 e. The highest BCUT2D eigenvalue weighted by atomic mass is 16.3. The van der Waals surface area contributed by atoms with Gasteiger partial charge in [-0.25, -0.2) is 0 Å². The molecule has 3 aromatic carbocycles. The van der Waals surface area contributed by atoms with Crippen LogP contribution in [0, 0.1) is 0 Å². The van der Waals surface area contributed by atoms with Crippen molar-refractivity contribution in [2.24, 2.45) is 7.05 Å². The molecule has 2 heteroatoms. The first-order chi connectivity index (χ1) is 13.3. The Morgan fingerprint density at radius 1 is 0.778 bits per heavy atom. The molecule has 0 spiro atoms. The summed E-state index contributed by atoms with van der Waals surface area (Å²) in [4.78, 5) is 0. The van der Waals surface area contributed by atoms with Crippen LogP contribution < -0.4 is 0 Å². The second-order valence-electron chi connectivity index (χ2n) is 8.10. The first-order valence-corrected chi connectivity index (χ1v) is 10.1. The lowest BCUT2D eigenvalue weighted by molar-refractivity contribution is 0.445. The first kappa shape index (κ1) is 15.3. The molecule has 2 aromatic heterocycles. The first-order valence-electron chi connectivity index (χ1n) is 10.1. The van der Waals surface area contributed by atoms with Crippen LogP contribution >= 0.6 is 0 Å². The quantitative estimate of drug-likeness (QED) is 0.310. The lowest BCUT2D eigenvalue weighted by Crippen LogP contribution is -2.04. The summed E-state index contributed by atoms with van der Waals surface area (Å²) < 4.78 is 8.55. The predicted molar refractivity (Wildman–Crippen MR) is 114 cm³/mol. The third-order valence-electron chi connectivity index (χ3n) is 6.61. The van der Waals surface area contributed by atoms with Gasteiger partial charge < -0.3 is 8.98 Å². The summed E-state index contributed by atoms with van der Waals surface area (Å²) in [6.45, 7) is 0. The molecule has 1 aliphatic rings.